The minimum Gasteiger partial charge on any atom is -0.370 e. The number of aromatic nitrogens is 3. The van der Waals surface area contributed by atoms with E-state index < -0.39 is 12.1 Å². The molecule has 2 aromatic rings. The van der Waals surface area contributed by atoms with Gasteiger partial charge in [0, 0.05) is 38.6 Å². The third-order valence-corrected chi connectivity index (χ3v) is 4.33. The number of pyridine rings is 1. The molecule has 1 saturated heterocycles. The van der Waals surface area contributed by atoms with Gasteiger partial charge in [-0.1, -0.05) is 23.4 Å². The Hall–Kier alpha value is -2.20. The fourth-order valence-corrected chi connectivity index (χ4v) is 3.02. The normalized spacial score (nSPS) is 18.0. The van der Waals surface area contributed by atoms with Crippen molar-refractivity contribution in [1.29, 1.82) is 0 Å². The van der Waals surface area contributed by atoms with Crippen LogP contribution in [0.25, 0.3) is 0 Å². The van der Waals surface area contributed by atoms with Crippen LogP contribution >= 0.6 is 11.6 Å². The first-order valence-corrected chi connectivity index (χ1v) is 8.18. The van der Waals surface area contributed by atoms with E-state index in [1.807, 2.05) is 0 Å². The molecule has 0 aliphatic carbocycles. The summed E-state index contributed by atoms with van der Waals surface area (Å²) in [6, 6.07) is 1.58. The second-order valence-corrected chi connectivity index (χ2v) is 6.39. The van der Waals surface area contributed by atoms with Gasteiger partial charge in [-0.15, -0.1) is 0 Å². The summed E-state index contributed by atoms with van der Waals surface area (Å²) in [7, 11) is 1.78. The Morgan fingerprint density at radius 2 is 2.08 bits per heavy atom. The van der Waals surface area contributed by atoms with Crippen molar-refractivity contribution in [2.75, 3.05) is 18.0 Å². The molecule has 1 aliphatic rings. The second kappa shape index (κ2) is 6.96. The molecule has 0 N–H and O–H groups in total. The van der Waals surface area contributed by atoms with Crippen molar-refractivity contribution in [2.45, 2.75) is 19.0 Å². The zero-order valence-electron chi connectivity index (χ0n) is 13.5. The molecule has 3 heterocycles. The summed E-state index contributed by atoms with van der Waals surface area (Å²) in [5.74, 6) is 4.59. The van der Waals surface area contributed by atoms with E-state index >= 15 is 0 Å². The van der Waals surface area contributed by atoms with Gasteiger partial charge in [-0.25, -0.2) is 4.98 Å². The number of anilines is 1. The summed E-state index contributed by atoms with van der Waals surface area (Å²) < 4.78 is 40.9. The third kappa shape index (κ3) is 4.26. The van der Waals surface area contributed by atoms with Gasteiger partial charge >= 0.3 is 6.18 Å². The molecule has 2 aromatic heterocycles. The van der Waals surface area contributed by atoms with Crippen molar-refractivity contribution >= 4 is 17.3 Å². The lowest BCUT2D eigenvalue weighted by Gasteiger charge is -2.35. The van der Waals surface area contributed by atoms with E-state index in [-0.39, 0.29) is 18.1 Å². The quantitative estimate of drug-likeness (QED) is 0.569. The number of nitrogens with zero attached hydrogens (tertiary/aromatic N) is 4. The maximum Gasteiger partial charge on any atom is 0.393 e. The maximum absolute atomic E-state index is 13.1. The number of aryl methyl sites for hydroxylation is 1. The fraction of sp³-hybridized carbons (Fsp3) is 0.412. The highest BCUT2D eigenvalue weighted by molar-refractivity contribution is 6.29. The van der Waals surface area contributed by atoms with E-state index in [9.17, 15) is 13.2 Å². The SMILES string of the molecule is Cn1cc(C#Cc2cnc(Cl)cc2N2CCCC(C(F)(F)F)C2)cn1. The molecule has 3 rings (SSSR count). The zero-order chi connectivity index (χ0) is 18.0. The van der Waals surface area contributed by atoms with Crippen molar-refractivity contribution in [3.63, 3.8) is 0 Å². The highest BCUT2D eigenvalue weighted by atomic mass is 35.5. The molecular formula is C17H16ClF3N4. The van der Waals surface area contributed by atoms with Crippen molar-refractivity contribution in [3.8, 4) is 11.8 Å². The Balaban J connectivity index is 1.90. The molecule has 0 spiro atoms. The Bertz CT molecular complexity index is 819. The molecule has 0 bridgehead atoms. The summed E-state index contributed by atoms with van der Waals surface area (Å²) >= 11 is 5.96. The predicted molar refractivity (Wildman–Crippen MR) is 89.4 cm³/mol. The maximum atomic E-state index is 13.1. The lowest BCUT2D eigenvalue weighted by atomic mass is 9.96. The van der Waals surface area contributed by atoms with Crippen molar-refractivity contribution in [3.05, 3.63) is 40.9 Å². The number of halogens is 4. The van der Waals surface area contributed by atoms with Crippen LogP contribution in [0.4, 0.5) is 18.9 Å². The fourth-order valence-electron chi connectivity index (χ4n) is 2.87. The van der Waals surface area contributed by atoms with Gasteiger partial charge in [0.15, 0.2) is 0 Å². The van der Waals surface area contributed by atoms with Crippen molar-refractivity contribution < 1.29 is 13.2 Å². The van der Waals surface area contributed by atoms with Gasteiger partial charge in [0.2, 0.25) is 0 Å². The zero-order valence-corrected chi connectivity index (χ0v) is 14.3. The van der Waals surface area contributed by atoms with Gasteiger partial charge < -0.3 is 4.90 Å². The van der Waals surface area contributed by atoms with Crippen LogP contribution in [0.3, 0.4) is 0 Å². The Morgan fingerprint density at radius 3 is 2.76 bits per heavy atom. The van der Waals surface area contributed by atoms with Gasteiger partial charge in [-0.2, -0.15) is 18.3 Å². The predicted octanol–water partition coefficient (Wildman–Crippen LogP) is 3.65. The van der Waals surface area contributed by atoms with Crippen LogP contribution in [0.2, 0.25) is 5.15 Å². The minimum absolute atomic E-state index is 0.0919. The monoisotopic (exact) mass is 368 g/mol. The topological polar surface area (TPSA) is 34.0 Å². The molecule has 1 aliphatic heterocycles. The first-order valence-electron chi connectivity index (χ1n) is 7.81. The lowest BCUT2D eigenvalue weighted by molar-refractivity contribution is -0.175. The van der Waals surface area contributed by atoms with Gasteiger partial charge in [-0.05, 0) is 12.8 Å². The Morgan fingerprint density at radius 1 is 1.28 bits per heavy atom. The molecule has 4 nitrogen and oxygen atoms in total. The standard InChI is InChI=1S/C17H16ClF3N4/c1-24-10-12(8-23-24)4-5-13-9-22-16(18)7-15(13)25-6-2-3-14(11-25)17(19,20)21/h7-10,14H,2-3,6,11H2,1H3. The lowest BCUT2D eigenvalue weighted by Crippen LogP contribution is -2.42. The molecule has 0 aromatic carbocycles. The highest BCUT2D eigenvalue weighted by Crippen LogP contribution is 2.35. The Kier molecular flexibility index (Phi) is 4.91. The summed E-state index contributed by atoms with van der Waals surface area (Å²) in [4.78, 5) is 5.71. The van der Waals surface area contributed by atoms with Crippen LogP contribution in [0, 0.1) is 17.8 Å². The van der Waals surface area contributed by atoms with Crippen LogP contribution in [0.5, 0.6) is 0 Å². The molecule has 8 heteroatoms. The smallest absolute Gasteiger partial charge is 0.370 e. The molecule has 0 radical (unpaired) electrons. The van der Waals surface area contributed by atoms with Gasteiger partial charge in [0.1, 0.15) is 5.15 Å². The van der Waals surface area contributed by atoms with Crippen LogP contribution < -0.4 is 4.90 Å². The number of alkyl halides is 3. The molecule has 132 valence electrons. The molecular weight excluding hydrogens is 353 g/mol. The van der Waals surface area contributed by atoms with Crippen molar-refractivity contribution in [1.82, 2.24) is 14.8 Å². The highest BCUT2D eigenvalue weighted by Gasteiger charge is 2.42. The van der Waals surface area contributed by atoms with E-state index in [0.717, 1.165) is 5.56 Å². The van der Waals surface area contributed by atoms with Crippen LogP contribution in [-0.2, 0) is 7.05 Å². The third-order valence-electron chi connectivity index (χ3n) is 4.12. The summed E-state index contributed by atoms with van der Waals surface area (Å²) in [5.41, 5.74) is 1.86. The average Bonchev–Trinajstić information content (AvgIpc) is 2.98. The van der Waals surface area contributed by atoms with E-state index in [1.165, 1.54) is 6.20 Å². The van der Waals surface area contributed by atoms with Gasteiger partial charge in [0.05, 0.1) is 28.9 Å². The molecule has 25 heavy (non-hydrogen) atoms. The number of hydrogen-bond acceptors (Lipinski definition) is 3. The van der Waals surface area contributed by atoms with E-state index in [4.69, 9.17) is 11.6 Å². The summed E-state index contributed by atoms with van der Waals surface area (Å²) in [6.07, 6.45) is 1.30. The van der Waals surface area contributed by atoms with Crippen LogP contribution in [0.15, 0.2) is 24.7 Å². The van der Waals surface area contributed by atoms with Gasteiger partial charge in [0.25, 0.3) is 0 Å². The van der Waals surface area contributed by atoms with Crippen LogP contribution in [0.1, 0.15) is 24.0 Å². The largest absolute Gasteiger partial charge is 0.393 e. The van der Waals surface area contributed by atoms with E-state index in [2.05, 4.69) is 21.9 Å². The Labute approximate surface area is 148 Å². The number of piperidine rings is 1. The molecule has 0 saturated carbocycles. The first kappa shape index (κ1) is 17.6. The van der Waals surface area contributed by atoms with E-state index in [1.54, 1.807) is 35.1 Å². The van der Waals surface area contributed by atoms with Gasteiger partial charge in [-0.3, -0.25) is 4.68 Å². The molecule has 0 amide bonds. The summed E-state index contributed by atoms with van der Waals surface area (Å²) in [6.45, 7) is 0.444. The minimum atomic E-state index is -4.20. The average molecular weight is 369 g/mol. The molecule has 1 unspecified atom stereocenters. The molecule has 1 atom stereocenters. The van der Waals surface area contributed by atoms with Crippen molar-refractivity contribution in [2.24, 2.45) is 13.0 Å². The van der Waals surface area contributed by atoms with Crippen LogP contribution in [-0.4, -0.2) is 34.0 Å². The van der Waals surface area contributed by atoms with E-state index in [0.29, 0.717) is 24.2 Å². The second-order valence-electron chi connectivity index (χ2n) is 6.00. The number of hydrogen-bond donors (Lipinski definition) is 0. The first-order chi connectivity index (χ1) is 11.8. The summed E-state index contributed by atoms with van der Waals surface area (Å²) in [5, 5.41) is 4.27. The number of rotatable bonds is 1. The molecule has 1 fully saturated rings.